The van der Waals surface area contributed by atoms with Crippen molar-refractivity contribution in [2.24, 2.45) is 0 Å². The van der Waals surface area contributed by atoms with Gasteiger partial charge in [-0.25, -0.2) is 31.8 Å². The van der Waals surface area contributed by atoms with Crippen molar-refractivity contribution < 1.29 is 26.7 Å². The molecular weight excluding hydrogens is 580 g/mol. The summed E-state index contributed by atoms with van der Waals surface area (Å²) in [5.74, 6) is -2.24. The summed E-state index contributed by atoms with van der Waals surface area (Å²) in [6, 6.07) is 6.27. The molecule has 1 unspecified atom stereocenters. The van der Waals surface area contributed by atoms with Crippen LogP contribution in [0.2, 0.25) is 5.02 Å². The van der Waals surface area contributed by atoms with Gasteiger partial charge in [-0.1, -0.05) is 22.9 Å². The largest absolute Gasteiger partial charge is 0.480 e. The number of aromatic nitrogens is 6. The summed E-state index contributed by atoms with van der Waals surface area (Å²) < 4.78 is 73.2. The molecule has 1 saturated heterocycles. The first kappa shape index (κ1) is 27.1. The van der Waals surface area contributed by atoms with Gasteiger partial charge in [-0.3, -0.25) is 4.72 Å². The highest BCUT2D eigenvalue weighted by molar-refractivity contribution is 7.92. The number of methoxy groups -OCH3 is 1. The van der Waals surface area contributed by atoms with Crippen LogP contribution in [0.25, 0.3) is 28.0 Å². The van der Waals surface area contributed by atoms with Crippen LogP contribution in [0.5, 0.6) is 5.88 Å². The molecule has 0 spiro atoms. The fraction of sp³-hybridized carbons (Fsp3) is 0.231. The Kier molecular flexibility index (Phi) is 7.05. The van der Waals surface area contributed by atoms with Crippen LogP contribution < -0.4 is 9.46 Å². The molecule has 0 radical (unpaired) electrons. The number of anilines is 1. The summed E-state index contributed by atoms with van der Waals surface area (Å²) in [7, 11) is -3.17. The van der Waals surface area contributed by atoms with E-state index in [1.807, 2.05) is 0 Å². The third-order valence-electron chi connectivity index (χ3n) is 6.67. The third-order valence-corrected chi connectivity index (χ3v) is 8.24. The smallest absolute Gasteiger partial charge is 0.267 e. The lowest BCUT2D eigenvalue weighted by Crippen LogP contribution is -2.20. The summed E-state index contributed by atoms with van der Waals surface area (Å²) in [4.78, 5) is 7.93. The highest BCUT2D eigenvalue weighted by Gasteiger charge is 2.26. The zero-order valence-electron chi connectivity index (χ0n) is 21.5. The van der Waals surface area contributed by atoms with Crippen LogP contribution in [-0.2, 0) is 14.8 Å². The van der Waals surface area contributed by atoms with Gasteiger partial charge < -0.3 is 13.9 Å². The van der Waals surface area contributed by atoms with E-state index in [0.717, 1.165) is 37.5 Å². The number of sulfonamides is 1. The molecule has 1 N–H and O–H groups in total. The molecule has 212 valence electrons. The van der Waals surface area contributed by atoms with Crippen molar-refractivity contribution in [3.05, 3.63) is 71.9 Å². The average molecular weight is 602 g/mol. The van der Waals surface area contributed by atoms with Gasteiger partial charge in [0.25, 0.3) is 10.0 Å². The van der Waals surface area contributed by atoms with E-state index in [2.05, 4.69) is 25.0 Å². The first-order chi connectivity index (χ1) is 19.8. The maximum absolute atomic E-state index is 15.7. The van der Waals surface area contributed by atoms with Gasteiger partial charge in [0.15, 0.2) is 16.9 Å². The number of halogens is 3. The van der Waals surface area contributed by atoms with E-state index in [9.17, 15) is 8.42 Å². The summed E-state index contributed by atoms with van der Waals surface area (Å²) in [6.45, 7) is 0.632. The van der Waals surface area contributed by atoms with E-state index in [4.69, 9.17) is 21.1 Å². The van der Waals surface area contributed by atoms with Crippen molar-refractivity contribution in [1.82, 2.24) is 29.4 Å². The van der Waals surface area contributed by atoms with Crippen molar-refractivity contribution in [2.45, 2.75) is 30.4 Å². The zero-order valence-corrected chi connectivity index (χ0v) is 23.0. The molecule has 1 atom stereocenters. The molecule has 0 amide bonds. The number of pyridine rings is 2. The first-order valence-corrected chi connectivity index (χ1v) is 14.3. The predicted molar refractivity (Wildman–Crippen MR) is 145 cm³/mol. The Labute approximate surface area is 237 Å². The maximum atomic E-state index is 15.7. The first-order valence-electron chi connectivity index (χ1n) is 12.5. The van der Waals surface area contributed by atoms with E-state index in [-0.39, 0.29) is 22.7 Å². The Morgan fingerprint density at radius 3 is 2.78 bits per heavy atom. The molecule has 1 aliphatic heterocycles. The van der Waals surface area contributed by atoms with Crippen LogP contribution in [0, 0.1) is 11.6 Å². The Hall–Kier alpha value is -4.14. The van der Waals surface area contributed by atoms with Crippen molar-refractivity contribution in [3.8, 4) is 28.4 Å². The molecule has 4 aromatic heterocycles. The number of fused-ring (bicyclic) bond motifs is 1. The van der Waals surface area contributed by atoms with E-state index >= 15 is 8.78 Å². The number of nitrogens with zero attached hydrogens (tertiary/aromatic N) is 6. The van der Waals surface area contributed by atoms with Crippen molar-refractivity contribution in [3.63, 3.8) is 0 Å². The van der Waals surface area contributed by atoms with Gasteiger partial charge in [0, 0.05) is 24.6 Å². The lowest BCUT2D eigenvalue weighted by atomic mass is 10.0. The Bertz CT molecular complexity index is 1870. The van der Waals surface area contributed by atoms with Gasteiger partial charge in [0.05, 0.1) is 35.1 Å². The Balaban J connectivity index is 1.36. The normalized spacial score (nSPS) is 15.8. The van der Waals surface area contributed by atoms with E-state index < -0.39 is 37.8 Å². The molecule has 6 rings (SSSR count). The summed E-state index contributed by atoms with van der Waals surface area (Å²) >= 11 is 5.91. The number of ether oxygens (including phenoxy) is 2. The number of imidazole rings is 1. The minimum atomic E-state index is -4.41. The number of rotatable bonds is 7. The van der Waals surface area contributed by atoms with Crippen molar-refractivity contribution in [2.75, 3.05) is 18.4 Å². The molecule has 1 fully saturated rings. The molecule has 41 heavy (non-hydrogen) atoms. The van der Waals surface area contributed by atoms with Gasteiger partial charge >= 0.3 is 0 Å². The lowest BCUT2D eigenvalue weighted by Gasteiger charge is -2.23. The number of nitrogens with one attached hydrogen (secondary N) is 1. The fourth-order valence-electron chi connectivity index (χ4n) is 4.74. The van der Waals surface area contributed by atoms with Gasteiger partial charge in [-0.15, -0.1) is 5.10 Å². The molecule has 0 saturated carbocycles. The van der Waals surface area contributed by atoms with Crippen LogP contribution in [0.15, 0.2) is 60.1 Å². The van der Waals surface area contributed by atoms with Crippen LogP contribution in [0.4, 0.5) is 14.5 Å². The monoisotopic (exact) mass is 601 g/mol. The molecule has 11 nitrogen and oxygen atoms in total. The third kappa shape index (κ3) is 4.98. The second-order valence-corrected chi connectivity index (χ2v) is 11.3. The minimum Gasteiger partial charge on any atom is -0.480 e. The molecule has 5 aromatic rings. The molecule has 1 aromatic carbocycles. The zero-order chi connectivity index (χ0) is 28.7. The summed E-state index contributed by atoms with van der Waals surface area (Å²) in [5.41, 5.74) is 1.11. The van der Waals surface area contributed by atoms with Crippen LogP contribution in [-0.4, -0.2) is 51.5 Å². The van der Waals surface area contributed by atoms with E-state index in [1.165, 1.54) is 31.9 Å². The number of benzene rings is 1. The molecule has 1 aliphatic rings. The second kappa shape index (κ2) is 10.7. The molecule has 5 heterocycles. The van der Waals surface area contributed by atoms with Crippen molar-refractivity contribution >= 4 is 32.8 Å². The van der Waals surface area contributed by atoms with Crippen LogP contribution >= 0.6 is 11.6 Å². The average Bonchev–Trinajstić information content (AvgIpc) is 3.62. The lowest BCUT2D eigenvalue weighted by molar-refractivity contribution is -0.0394. The summed E-state index contributed by atoms with van der Waals surface area (Å²) in [5, 5.41) is 8.25. The molecular formula is C26H22ClF2N7O4S. The topological polar surface area (TPSA) is 126 Å². The molecule has 0 bridgehead atoms. The molecule has 0 aliphatic carbocycles. The quantitative estimate of drug-likeness (QED) is 0.273. The van der Waals surface area contributed by atoms with Crippen LogP contribution in [0.3, 0.4) is 0 Å². The highest BCUT2D eigenvalue weighted by atomic mass is 35.5. The van der Waals surface area contributed by atoms with Gasteiger partial charge in [-0.05, 0) is 43.5 Å². The van der Waals surface area contributed by atoms with Gasteiger partial charge in [0.1, 0.15) is 23.5 Å². The fourth-order valence-corrected chi connectivity index (χ4v) is 6.17. The highest BCUT2D eigenvalue weighted by Crippen LogP contribution is 2.35. The van der Waals surface area contributed by atoms with E-state index in [1.54, 1.807) is 21.3 Å². The molecule has 15 heteroatoms. The second-order valence-electron chi connectivity index (χ2n) is 9.24. The van der Waals surface area contributed by atoms with Crippen molar-refractivity contribution in [1.29, 1.82) is 0 Å². The Morgan fingerprint density at radius 1 is 1.15 bits per heavy atom. The minimum absolute atomic E-state index is 0.0320. The number of hydrogen-bond donors (Lipinski definition) is 1. The van der Waals surface area contributed by atoms with E-state index in [0.29, 0.717) is 23.5 Å². The number of hydrogen-bond acceptors (Lipinski definition) is 8. The Morgan fingerprint density at radius 2 is 2.00 bits per heavy atom. The standard InChI is InChI=1S/C26H22ClF2N7O4S/c1-39-26-21(10-16(27)11-30-26)41(37,38)33-18-7-6-17(28)23(24(18)29)15-5-8-19-25(31-14-35(19)13-15)20-12-32-34-36(20)22-4-2-3-9-40-22/h5-8,10-14,22,33H,2-4,9H2,1H3. The van der Waals surface area contributed by atoms with Gasteiger partial charge in [-0.2, -0.15) is 0 Å². The van der Waals surface area contributed by atoms with Crippen LogP contribution in [0.1, 0.15) is 25.5 Å². The summed E-state index contributed by atoms with van der Waals surface area (Å²) in [6.07, 6.45) is 8.34. The predicted octanol–water partition coefficient (Wildman–Crippen LogP) is 5.09. The maximum Gasteiger partial charge on any atom is 0.267 e. The van der Waals surface area contributed by atoms with Gasteiger partial charge in [0.2, 0.25) is 5.88 Å². The SMILES string of the molecule is COc1ncc(Cl)cc1S(=O)(=O)Nc1ccc(F)c(-c2ccc3c(-c4cnnn4C4CCCCO4)ncn3c2)c1F.